The number of anilines is 1. The molecule has 12 rings (SSSR count). The van der Waals surface area contributed by atoms with Crippen molar-refractivity contribution in [1.29, 1.82) is 0 Å². The summed E-state index contributed by atoms with van der Waals surface area (Å²) in [5.41, 5.74) is 5.57. The molecule has 8 bridgehead atoms. The van der Waals surface area contributed by atoms with Crippen LogP contribution in [0.5, 0.6) is 5.75 Å². The van der Waals surface area contributed by atoms with Gasteiger partial charge in [-0.3, -0.25) is 0 Å². The molecule has 2 N–H and O–H groups in total. The molecule has 8 aliphatic rings. The third-order valence-corrected chi connectivity index (χ3v) is 15.7. The summed E-state index contributed by atoms with van der Waals surface area (Å²) in [6, 6.07) is 30.4. The monoisotopic (exact) mass is 800 g/mol. The van der Waals surface area contributed by atoms with Gasteiger partial charge in [-0.1, -0.05) is 59.6 Å². The Bertz CT molecular complexity index is 1990. The van der Waals surface area contributed by atoms with Gasteiger partial charge in [-0.25, -0.2) is 0 Å². The maximum Gasteiger partial charge on any atom is 0.416 e. The van der Waals surface area contributed by atoms with Crippen molar-refractivity contribution in [2.45, 2.75) is 106 Å². The molecule has 0 saturated heterocycles. The van der Waals surface area contributed by atoms with Crippen molar-refractivity contribution < 1.29 is 18.3 Å². The summed E-state index contributed by atoms with van der Waals surface area (Å²) in [6.45, 7) is 1.56. The molecule has 0 heterocycles. The normalized spacial score (nSPS) is 33.6. The predicted molar refractivity (Wildman–Crippen MR) is 220 cm³/mol. The maximum absolute atomic E-state index is 12.8. The summed E-state index contributed by atoms with van der Waals surface area (Å²) >= 11 is 12.3. The zero-order valence-corrected chi connectivity index (χ0v) is 33.7. The molecule has 0 aliphatic heterocycles. The number of aromatic hydroxyl groups is 1. The van der Waals surface area contributed by atoms with Crippen molar-refractivity contribution in [2.75, 3.05) is 18.5 Å². The van der Waals surface area contributed by atoms with Crippen LogP contribution in [0.15, 0.2) is 97.1 Å². The van der Waals surface area contributed by atoms with Crippen LogP contribution in [0.25, 0.3) is 0 Å². The molecule has 4 aromatic carbocycles. The van der Waals surface area contributed by atoms with Crippen molar-refractivity contribution in [3.63, 3.8) is 0 Å². The Morgan fingerprint density at radius 2 is 1.12 bits per heavy atom. The van der Waals surface area contributed by atoms with Crippen molar-refractivity contribution in [3.05, 3.63) is 129 Å². The standard InChI is InChI=1S/C25H27ClF3N.C23H26ClNO/c26-22-7-5-20(6-8-22)24-12-18-9-19(13-24)11-23(10-18,15-24)16-30-14-17-1-3-21(4-2-17)25(27,28)29;1-25(20-6-8-21(26)9-7-20)23-13-16-10-17(14-23)12-22(11-16,15-23)18-2-4-19(24)5-3-18/h1-8,18-19,30H,9-16H2;2-9,16-17,26H,10-15H2,1H3. The maximum atomic E-state index is 12.8. The van der Waals surface area contributed by atoms with Gasteiger partial charge in [0.1, 0.15) is 5.75 Å². The Morgan fingerprint density at radius 1 is 0.643 bits per heavy atom. The highest BCUT2D eigenvalue weighted by atomic mass is 35.5. The van der Waals surface area contributed by atoms with Crippen LogP contribution in [0.4, 0.5) is 18.9 Å². The van der Waals surface area contributed by atoms with Gasteiger partial charge in [0.05, 0.1) is 5.56 Å². The average Bonchev–Trinajstić information content (AvgIpc) is 3.14. The number of hydrogen-bond donors (Lipinski definition) is 2. The van der Waals surface area contributed by atoms with Crippen LogP contribution in [0.2, 0.25) is 10.0 Å². The lowest BCUT2D eigenvalue weighted by molar-refractivity contribution is -0.137. The molecule has 8 heteroatoms. The Hall–Kier alpha value is -3.19. The lowest BCUT2D eigenvalue weighted by Crippen LogP contribution is -2.63. The van der Waals surface area contributed by atoms with Crippen LogP contribution in [0, 0.1) is 29.1 Å². The summed E-state index contributed by atoms with van der Waals surface area (Å²) in [5.74, 6) is 3.56. The van der Waals surface area contributed by atoms with Gasteiger partial charge in [-0.2, -0.15) is 13.2 Å². The van der Waals surface area contributed by atoms with E-state index in [1.807, 2.05) is 12.1 Å². The van der Waals surface area contributed by atoms with Gasteiger partial charge < -0.3 is 15.3 Å². The quantitative estimate of drug-likeness (QED) is 0.186. The smallest absolute Gasteiger partial charge is 0.416 e. The minimum Gasteiger partial charge on any atom is -0.508 e. The second-order valence-corrected chi connectivity index (χ2v) is 20.0. The first-order chi connectivity index (χ1) is 26.7. The van der Waals surface area contributed by atoms with Crippen LogP contribution in [-0.4, -0.2) is 24.2 Å². The van der Waals surface area contributed by atoms with Gasteiger partial charge in [0, 0.05) is 41.4 Å². The SMILES string of the molecule is CN(c1ccc(O)cc1)C12CC3CC(CC(c4ccc(Cl)cc4)(C3)C1)C2.FC(F)(F)c1ccc(CNCC23CC4CC(C2)CC(c2ccc(Cl)cc2)(C4)C3)cc1. The second-order valence-electron chi connectivity index (χ2n) is 19.1. The summed E-state index contributed by atoms with van der Waals surface area (Å²) in [4.78, 5) is 2.52. The van der Waals surface area contributed by atoms with E-state index in [0.717, 1.165) is 45.8 Å². The van der Waals surface area contributed by atoms with Crippen LogP contribution in [0.1, 0.15) is 99.3 Å². The number of alkyl halides is 3. The highest BCUT2D eigenvalue weighted by Gasteiger charge is 2.60. The molecule has 8 fully saturated rings. The van der Waals surface area contributed by atoms with Gasteiger partial charge in [-0.15, -0.1) is 0 Å². The van der Waals surface area contributed by atoms with Gasteiger partial charge >= 0.3 is 6.18 Å². The zero-order valence-electron chi connectivity index (χ0n) is 32.2. The number of rotatable bonds is 8. The third kappa shape index (κ3) is 7.26. The third-order valence-electron chi connectivity index (χ3n) is 15.2. The molecule has 0 spiro atoms. The van der Waals surface area contributed by atoms with Gasteiger partial charge in [0.15, 0.2) is 0 Å². The molecule has 0 amide bonds. The molecule has 3 nitrogen and oxygen atoms in total. The topological polar surface area (TPSA) is 35.5 Å². The van der Waals surface area contributed by atoms with Gasteiger partial charge in [0.2, 0.25) is 0 Å². The van der Waals surface area contributed by atoms with E-state index in [0.29, 0.717) is 23.1 Å². The van der Waals surface area contributed by atoms with Crippen LogP contribution in [0.3, 0.4) is 0 Å². The van der Waals surface area contributed by atoms with Crippen LogP contribution in [-0.2, 0) is 23.6 Å². The van der Waals surface area contributed by atoms with E-state index in [-0.39, 0.29) is 11.0 Å². The van der Waals surface area contributed by atoms with E-state index in [2.05, 4.69) is 65.8 Å². The summed E-state index contributed by atoms with van der Waals surface area (Å²) in [7, 11) is 2.26. The van der Waals surface area contributed by atoms with Gasteiger partial charge in [-0.05, 0) is 194 Å². The first-order valence-electron chi connectivity index (χ1n) is 20.7. The van der Waals surface area contributed by atoms with Crippen molar-refractivity contribution in [2.24, 2.45) is 29.1 Å². The fraction of sp³-hybridized carbons (Fsp3) is 0.500. The largest absolute Gasteiger partial charge is 0.508 e. The van der Waals surface area contributed by atoms with E-state index in [4.69, 9.17) is 23.2 Å². The predicted octanol–water partition coefficient (Wildman–Crippen LogP) is 12.8. The van der Waals surface area contributed by atoms with E-state index >= 15 is 0 Å². The van der Waals surface area contributed by atoms with Crippen molar-refractivity contribution >= 4 is 28.9 Å². The van der Waals surface area contributed by atoms with E-state index in [1.54, 1.807) is 24.3 Å². The Kier molecular flexibility index (Phi) is 9.77. The Balaban J connectivity index is 0.000000148. The summed E-state index contributed by atoms with van der Waals surface area (Å²) < 4.78 is 38.3. The Labute approximate surface area is 340 Å². The number of phenolic OH excluding ortho intramolecular Hbond substituents is 1. The molecular weight excluding hydrogens is 748 g/mol. The van der Waals surface area contributed by atoms with E-state index in [1.165, 1.54) is 106 Å². The van der Waals surface area contributed by atoms with Crippen LogP contribution >= 0.6 is 23.2 Å². The van der Waals surface area contributed by atoms with Crippen molar-refractivity contribution in [1.82, 2.24) is 5.32 Å². The Morgan fingerprint density at radius 3 is 1.62 bits per heavy atom. The highest BCUT2D eigenvalue weighted by Crippen LogP contribution is 2.66. The highest BCUT2D eigenvalue weighted by molar-refractivity contribution is 6.30. The van der Waals surface area contributed by atoms with Gasteiger partial charge in [0.25, 0.3) is 0 Å². The number of halogens is 5. The number of benzene rings is 4. The average molecular weight is 802 g/mol. The number of phenols is 1. The first kappa shape index (κ1) is 38.3. The van der Waals surface area contributed by atoms with E-state index < -0.39 is 11.7 Å². The molecule has 8 saturated carbocycles. The minimum absolute atomic E-state index is 0.237. The molecule has 0 aromatic heterocycles. The fourth-order valence-electron chi connectivity index (χ4n) is 13.8. The first-order valence-corrected chi connectivity index (χ1v) is 21.4. The zero-order chi connectivity index (χ0) is 38.9. The second kappa shape index (κ2) is 14.3. The molecule has 4 aromatic rings. The summed E-state index contributed by atoms with van der Waals surface area (Å²) in [6.07, 6.45) is 11.3. The molecule has 0 radical (unpaired) electrons. The number of hydrogen-bond acceptors (Lipinski definition) is 3. The van der Waals surface area contributed by atoms with Crippen LogP contribution < -0.4 is 10.2 Å². The molecule has 56 heavy (non-hydrogen) atoms. The lowest BCUT2D eigenvalue weighted by atomic mass is 9.43. The molecule has 296 valence electrons. The number of nitrogens with one attached hydrogen (secondary N) is 1. The molecule has 8 aliphatic carbocycles. The van der Waals surface area contributed by atoms with E-state index in [9.17, 15) is 18.3 Å². The van der Waals surface area contributed by atoms with Crippen molar-refractivity contribution in [3.8, 4) is 5.75 Å². The lowest BCUT2D eigenvalue weighted by Gasteiger charge is -2.65. The number of nitrogens with zero attached hydrogens (tertiary/aromatic N) is 1. The minimum atomic E-state index is -4.28. The fourth-order valence-corrected chi connectivity index (χ4v) is 14.0. The molecular formula is C48H53Cl2F3N2O. The summed E-state index contributed by atoms with van der Waals surface area (Å²) in [5, 5.41) is 14.9. The molecule has 4 atom stereocenters. The molecule has 4 unspecified atom stereocenters.